The molecule has 2 aromatic rings. The van der Waals surface area contributed by atoms with Gasteiger partial charge in [0.2, 0.25) is 0 Å². The van der Waals surface area contributed by atoms with Crippen molar-refractivity contribution < 1.29 is 0 Å². The summed E-state index contributed by atoms with van der Waals surface area (Å²) in [7, 11) is 0. The molecule has 2 rings (SSSR count). The lowest BCUT2D eigenvalue weighted by Crippen LogP contribution is -1.95. The summed E-state index contributed by atoms with van der Waals surface area (Å²) < 4.78 is 0. The molecule has 1 atom stereocenters. The Morgan fingerprint density at radius 3 is 2.29 bits per heavy atom. The van der Waals surface area contributed by atoms with Gasteiger partial charge in [0.15, 0.2) is 0 Å². The van der Waals surface area contributed by atoms with Gasteiger partial charge in [-0.2, -0.15) is 0 Å². The number of halogens is 2. The summed E-state index contributed by atoms with van der Waals surface area (Å²) in [5.74, 6) is 0. The van der Waals surface area contributed by atoms with Crippen molar-refractivity contribution in [2.45, 2.75) is 10.3 Å². The zero-order chi connectivity index (χ0) is 12.3. The predicted molar refractivity (Wildman–Crippen MR) is 77.4 cm³/mol. The molecular weight excluding hydrogens is 271 g/mol. The molecule has 2 aromatic carbocycles. The van der Waals surface area contributed by atoms with Crippen LogP contribution in [0.4, 0.5) is 0 Å². The number of hydrogen-bond acceptors (Lipinski definition) is 1. The Bertz CT molecular complexity index is 494. The Morgan fingerprint density at radius 2 is 1.65 bits per heavy atom. The molecule has 0 amide bonds. The third kappa shape index (κ3) is 2.98. The molecule has 0 radical (unpaired) electrons. The van der Waals surface area contributed by atoms with Crippen molar-refractivity contribution in [2.24, 2.45) is 0 Å². The number of thioether (sulfide) groups is 1. The van der Waals surface area contributed by atoms with Crippen LogP contribution in [0.3, 0.4) is 0 Å². The van der Waals surface area contributed by atoms with E-state index >= 15 is 0 Å². The monoisotopic (exact) mass is 282 g/mol. The van der Waals surface area contributed by atoms with Gasteiger partial charge in [-0.3, -0.25) is 0 Å². The molecule has 0 aromatic heterocycles. The van der Waals surface area contributed by atoms with E-state index in [-0.39, 0.29) is 5.38 Å². The van der Waals surface area contributed by atoms with Crippen LogP contribution in [0, 0.1) is 0 Å². The number of hydrogen-bond donors (Lipinski definition) is 0. The topological polar surface area (TPSA) is 0 Å². The van der Waals surface area contributed by atoms with Gasteiger partial charge in [-0.1, -0.05) is 41.9 Å². The zero-order valence-corrected chi connectivity index (χ0v) is 11.7. The van der Waals surface area contributed by atoms with Crippen LogP contribution in [-0.2, 0) is 0 Å². The second-order valence-corrected chi connectivity index (χ2v) is 5.38. The third-order valence-electron chi connectivity index (χ3n) is 2.57. The molecule has 0 nitrogen and oxygen atoms in total. The fourth-order valence-corrected chi connectivity index (χ4v) is 2.85. The summed E-state index contributed by atoms with van der Waals surface area (Å²) in [6.45, 7) is 0. The molecule has 3 heteroatoms. The Hall–Kier alpha value is -0.630. The summed E-state index contributed by atoms with van der Waals surface area (Å²) in [6, 6.07) is 15.9. The van der Waals surface area contributed by atoms with Crippen LogP contribution < -0.4 is 0 Å². The van der Waals surface area contributed by atoms with Crippen molar-refractivity contribution in [3.63, 3.8) is 0 Å². The fraction of sp³-hybridized carbons (Fsp3) is 0.143. The molecule has 0 saturated carbocycles. The van der Waals surface area contributed by atoms with Gasteiger partial charge in [0, 0.05) is 9.92 Å². The Balaban J connectivity index is 2.36. The van der Waals surface area contributed by atoms with E-state index in [2.05, 4.69) is 18.4 Å². The van der Waals surface area contributed by atoms with Crippen LogP contribution in [0.5, 0.6) is 0 Å². The van der Waals surface area contributed by atoms with Crippen molar-refractivity contribution in [2.75, 3.05) is 6.26 Å². The lowest BCUT2D eigenvalue weighted by atomic mass is 10.0. The fourth-order valence-electron chi connectivity index (χ4n) is 1.69. The normalized spacial score (nSPS) is 12.4. The Kier molecular flexibility index (Phi) is 4.38. The minimum absolute atomic E-state index is 0.129. The molecule has 0 heterocycles. The van der Waals surface area contributed by atoms with E-state index in [1.54, 1.807) is 11.8 Å². The van der Waals surface area contributed by atoms with Crippen molar-refractivity contribution in [1.29, 1.82) is 0 Å². The highest BCUT2D eigenvalue weighted by Crippen LogP contribution is 2.34. The van der Waals surface area contributed by atoms with E-state index in [0.29, 0.717) is 0 Å². The lowest BCUT2D eigenvalue weighted by Gasteiger charge is -2.13. The maximum Gasteiger partial charge on any atom is 0.0846 e. The number of benzene rings is 2. The van der Waals surface area contributed by atoms with Gasteiger partial charge < -0.3 is 0 Å². The Labute approximate surface area is 116 Å². The molecule has 0 aliphatic carbocycles. The second-order valence-electron chi connectivity index (χ2n) is 3.66. The van der Waals surface area contributed by atoms with Gasteiger partial charge in [0.05, 0.1) is 5.38 Å². The SMILES string of the molecule is CSc1ccccc1C(Cl)c1ccc(Cl)cc1. The van der Waals surface area contributed by atoms with Crippen LogP contribution in [-0.4, -0.2) is 6.26 Å². The van der Waals surface area contributed by atoms with Crippen molar-refractivity contribution in [1.82, 2.24) is 0 Å². The number of rotatable bonds is 3. The first-order chi connectivity index (χ1) is 8.22. The molecule has 0 aliphatic rings. The van der Waals surface area contributed by atoms with Gasteiger partial charge in [0.1, 0.15) is 0 Å². The van der Waals surface area contributed by atoms with Gasteiger partial charge in [0.25, 0.3) is 0 Å². The third-order valence-corrected chi connectivity index (χ3v) is 4.13. The molecule has 0 bridgehead atoms. The lowest BCUT2D eigenvalue weighted by molar-refractivity contribution is 1.09. The Morgan fingerprint density at radius 1 is 1.00 bits per heavy atom. The minimum Gasteiger partial charge on any atom is -0.129 e. The van der Waals surface area contributed by atoms with Gasteiger partial charge in [-0.15, -0.1) is 23.4 Å². The van der Waals surface area contributed by atoms with Crippen LogP contribution in [0.2, 0.25) is 5.02 Å². The molecule has 0 fully saturated rings. The summed E-state index contributed by atoms with van der Waals surface area (Å²) in [5, 5.41) is 0.603. The first-order valence-corrected chi connectivity index (χ1v) is 7.28. The zero-order valence-electron chi connectivity index (χ0n) is 9.36. The highest BCUT2D eigenvalue weighted by atomic mass is 35.5. The summed E-state index contributed by atoms with van der Waals surface area (Å²) in [5.41, 5.74) is 2.21. The van der Waals surface area contributed by atoms with E-state index < -0.39 is 0 Å². The van der Waals surface area contributed by atoms with E-state index in [9.17, 15) is 0 Å². The average molecular weight is 283 g/mol. The van der Waals surface area contributed by atoms with Gasteiger partial charge in [-0.05, 0) is 35.6 Å². The van der Waals surface area contributed by atoms with Crippen molar-refractivity contribution in [3.05, 3.63) is 64.7 Å². The molecule has 0 aliphatic heterocycles. The molecular formula is C14H12Cl2S. The first-order valence-electron chi connectivity index (χ1n) is 5.25. The maximum atomic E-state index is 6.51. The second kappa shape index (κ2) is 5.81. The molecule has 0 spiro atoms. The van der Waals surface area contributed by atoms with E-state index in [1.807, 2.05) is 36.4 Å². The molecule has 0 N–H and O–H groups in total. The summed E-state index contributed by atoms with van der Waals surface area (Å²) in [6.07, 6.45) is 2.06. The standard InChI is InChI=1S/C14H12Cl2S/c1-17-13-5-3-2-4-12(13)14(16)10-6-8-11(15)9-7-10/h2-9,14H,1H3. The van der Waals surface area contributed by atoms with Crippen LogP contribution in [0.25, 0.3) is 0 Å². The molecule has 17 heavy (non-hydrogen) atoms. The molecule has 0 saturated heterocycles. The quantitative estimate of drug-likeness (QED) is 0.537. The van der Waals surface area contributed by atoms with Crippen molar-refractivity contribution >= 4 is 35.0 Å². The molecule has 1 unspecified atom stereocenters. The number of alkyl halides is 1. The van der Waals surface area contributed by atoms with E-state index in [4.69, 9.17) is 23.2 Å². The van der Waals surface area contributed by atoms with E-state index in [0.717, 1.165) is 16.1 Å². The van der Waals surface area contributed by atoms with E-state index in [1.165, 1.54) is 4.90 Å². The highest BCUT2D eigenvalue weighted by Gasteiger charge is 2.13. The predicted octanol–water partition coefficient (Wildman–Crippen LogP) is 5.39. The summed E-state index contributed by atoms with van der Waals surface area (Å²) >= 11 is 14.1. The summed E-state index contributed by atoms with van der Waals surface area (Å²) in [4.78, 5) is 1.21. The van der Waals surface area contributed by atoms with Crippen LogP contribution >= 0.6 is 35.0 Å². The largest absolute Gasteiger partial charge is 0.129 e. The highest BCUT2D eigenvalue weighted by molar-refractivity contribution is 7.98. The van der Waals surface area contributed by atoms with Crippen LogP contribution in [0.1, 0.15) is 16.5 Å². The maximum absolute atomic E-state index is 6.51. The smallest absolute Gasteiger partial charge is 0.0846 e. The average Bonchev–Trinajstić information content (AvgIpc) is 2.39. The minimum atomic E-state index is -0.129. The van der Waals surface area contributed by atoms with Gasteiger partial charge >= 0.3 is 0 Å². The van der Waals surface area contributed by atoms with Crippen molar-refractivity contribution in [3.8, 4) is 0 Å². The van der Waals surface area contributed by atoms with Gasteiger partial charge in [-0.25, -0.2) is 0 Å². The molecule has 88 valence electrons. The first kappa shape index (κ1) is 12.8. The van der Waals surface area contributed by atoms with Crippen LogP contribution in [0.15, 0.2) is 53.4 Å².